The first-order chi connectivity index (χ1) is 8.56. The normalized spacial score (nSPS) is 22.7. The van der Waals surface area contributed by atoms with Gasteiger partial charge in [0.1, 0.15) is 0 Å². The second-order valence-corrected chi connectivity index (χ2v) is 4.97. The molecule has 0 radical (unpaired) electrons. The molecule has 0 spiro atoms. The monoisotopic (exact) mass is 247 g/mol. The van der Waals surface area contributed by atoms with Gasteiger partial charge < -0.3 is 10.4 Å². The smallest absolute Gasteiger partial charge is 0.335 e. The number of aromatic carboxylic acids is 1. The summed E-state index contributed by atoms with van der Waals surface area (Å²) < 4.78 is 0. The minimum atomic E-state index is -1.01. The van der Waals surface area contributed by atoms with Crippen LogP contribution >= 0.6 is 0 Å². The van der Waals surface area contributed by atoms with Crippen LogP contribution < -0.4 is 5.32 Å². The SMILES string of the molecule is CC1CCC(NC(=O)c2cccc(C(=O)O)c2)C1. The Hall–Kier alpha value is -1.84. The van der Waals surface area contributed by atoms with Crippen molar-refractivity contribution in [3.8, 4) is 0 Å². The minimum Gasteiger partial charge on any atom is -0.478 e. The lowest BCUT2D eigenvalue weighted by molar-refractivity contribution is 0.0697. The molecule has 1 aliphatic carbocycles. The standard InChI is InChI=1S/C14H17NO3/c1-9-5-6-12(7-9)15-13(16)10-3-2-4-11(8-10)14(17)18/h2-4,8-9,12H,5-7H2,1H3,(H,15,16)(H,17,18). The molecule has 0 saturated heterocycles. The number of rotatable bonds is 3. The molecule has 1 fully saturated rings. The Morgan fingerprint density at radius 3 is 2.61 bits per heavy atom. The molecule has 0 aliphatic heterocycles. The van der Waals surface area contributed by atoms with E-state index in [1.807, 2.05) is 0 Å². The Bertz CT molecular complexity index is 470. The summed E-state index contributed by atoms with van der Waals surface area (Å²) in [7, 11) is 0. The van der Waals surface area contributed by atoms with E-state index < -0.39 is 5.97 Å². The third-order valence-corrected chi connectivity index (χ3v) is 3.40. The van der Waals surface area contributed by atoms with Gasteiger partial charge in [-0.2, -0.15) is 0 Å². The zero-order valence-electron chi connectivity index (χ0n) is 10.3. The zero-order valence-corrected chi connectivity index (χ0v) is 10.3. The first-order valence-electron chi connectivity index (χ1n) is 6.20. The van der Waals surface area contributed by atoms with Gasteiger partial charge in [0.2, 0.25) is 0 Å². The molecule has 2 unspecified atom stereocenters. The molecule has 2 atom stereocenters. The van der Waals surface area contributed by atoms with Crippen molar-refractivity contribution in [2.75, 3.05) is 0 Å². The van der Waals surface area contributed by atoms with Crippen LogP contribution in [-0.2, 0) is 0 Å². The summed E-state index contributed by atoms with van der Waals surface area (Å²) in [6.07, 6.45) is 3.15. The van der Waals surface area contributed by atoms with Gasteiger partial charge in [0.25, 0.3) is 5.91 Å². The number of hydrogen-bond acceptors (Lipinski definition) is 2. The van der Waals surface area contributed by atoms with Crippen LogP contribution in [0, 0.1) is 5.92 Å². The van der Waals surface area contributed by atoms with E-state index in [0.29, 0.717) is 11.5 Å². The quantitative estimate of drug-likeness (QED) is 0.861. The molecule has 0 aromatic heterocycles. The van der Waals surface area contributed by atoms with E-state index in [-0.39, 0.29) is 17.5 Å². The summed E-state index contributed by atoms with van der Waals surface area (Å²) in [5.74, 6) is -0.544. The van der Waals surface area contributed by atoms with E-state index in [4.69, 9.17) is 5.11 Å². The lowest BCUT2D eigenvalue weighted by atomic mass is 10.1. The summed E-state index contributed by atoms with van der Waals surface area (Å²) in [5, 5.41) is 11.8. The molecule has 1 amide bonds. The van der Waals surface area contributed by atoms with E-state index in [0.717, 1.165) is 19.3 Å². The number of amides is 1. The van der Waals surface area contributed by atoms with Crippen LogP contribution in [0.15, 0.2) is 24.3 Å². The van der Waals surface area contributed by atoms with Crippen LogP contribution in [0.3, 0.4) is 0 Å². The molecule has 0 bridgehead atoms. The average Bonchev–Trinajstić information content (AvgIpc) is 2.75. The molecular formula is C14H17NO3. The van der Waals surface area contributed by atoms with Gasteiger partial charge in [-0.25, -0.2) is 4.79 Å². The summed E-state index contributed by atoms with van der Waals surface area (Å²) in [5.41, 5.74) is 0.553. The van der Waals surface area contributed by atoms with E-state index in [2.05, 4.69) is 12.2 Å². The van der Waals surface area contributed by atoms with Gasteiger partial charge in [-0.15, -0.1) is 0 Å². The first kappa shape index (κ1) is 12.6. The van der Waals surface area contributed by atoms with Gasteiger partial charge in [0.15, 0.2) is 0 Å². The zero-order chi connectivity index (χ0) is 13.1. The van der Waals surface area contributed by atoms with Crippen LogP contribution in [0.1, 0.15) is 46.9 Å². The Labute approximate surface area is 106 Å². The van der Waals surface area contributed by atoms with Gasteiger partial charge >= 0.3 is 5.97 Å². The fraction of sp³-hybridized carbons (Fsp3) is 0.429. The highest BCUT2D eigenvalue weighted by Gasteiger charge is 2.23. The largest absolute Gasteiger partial charge is 0.478 e. The third kappa shape index (κ3) is 2.88. The molecule has 2 N–H and O–H groups in total. The number of nitrogens with one attached hydrogen (secondary N) is 1. The van der Waals surface area contributed by atoms with E-state index in [1.165, 1.54) is 12.1 Å². The van der Waals surface area contributed by atoms with Crippen LogP contribution in [0.5, 0.6) is 0 Å². The number of hydrogen-bond donors (Lipinski definition) is 2. The minimum absolute atomic E-state index is 0.141. The first-order valence-corrected chi connectivity index (χ1v) is 6.20. The molecule has 18 heavy (non-hydrogen) atoms. The van der Waals surface area contributed by atoms with Crippen molar-refractivity contribution in [3.05, 3.63) is 35.4 Å². The van der Waals surface area contributed by atoms with Crippen molar-refractivity contribution < 1.29 is 14.7 Å². The van der Waals surface area contributed by atoms with Crippen LogP contribution in [0.2, 0.25) is 0 Å². The highest BCUT2D eigenvalue weighted by Crippen LogP contribution is 2.24. The maximum atomic E-state index is 12.0. The Morgan fingerprint density at radius 1 is 1.28 bits per heavy atom. The van der Waals surface area contributed by atoms with E-state index in [9.17, 15) is 9.59 Å². The van der Waals surface area contributed by atoms with Crippen LogP contribution in [0.4, 0.5) is 0 Å². The Kier molecular flexibility index (Phi) is 3.65. The molecule has 4 heteroatoms. The molecule has 1 aromatic carbocycles. The highest BCUT2D eigenvalue weighted by atomic mass is 16.4. The highest BCUT2D eigenvalue weighted by molar-refractivity contribution is 5.97. The number of carboxylic acid groups (broad SMARTS) is 1. The van der Waals surface area contributed by atoms with Crippen molar-refractivity contribution in [2.24, 2.45) is 5.92 Å². The fourth-order valence-corrected chi connectivity index (χ4v) is 2.40. The molecule has 2 rings (SSSR count). The fourth-order valence-electron chi connectivity index (χ4n) is 2.40. The molecule has 0 heterocycles. The predicted molar refractivity (Wildman–Crippen MR) is 67.7 cm³/mol. The van der Waals surface area contributed by atoms with Gasteiger partial charge in [0.05, 0.1) is 5.56 Å². The molecule has 1 saturated carbocycles. The van der Waals surface area contributed by atoms with Crippen LogP contribution in [0.25, 0.3) is 0 Å². The summed E-state index contributed by atoms with van der Waals surface area (Å²) in [6.45, 7) is 2.18. The Morgan fingerprint density at radius 2 is 2.00 bits per heavy atom. The number of carbonyl (C=O) groups is 2. The third-order valence-electron chi connectivity index (χ3n) is 3.40. The summed E-state index contributed by atoms with van der Waals surface area (Å²) >= 11 is 0. The molecule has 1 aromatic rings. The Balaban J connectivity index is 2.04. The van der Waals surface area contributed by atoms with Crippen molar-refractivity contribution in [2.45, 2.75) is 32.2 Å². The second kappa shape index (κ2) is 5.21. The van der Waals surface area contributed by atoms with Gasteiger partial charge in [0, 0.05) is 11.6 Å². The van der Waals surface area contributed by atoms with Gasteiger partial charge in [-0.05, 0) is 43.4 Å². The summed E-state index contributed by atoms with van der Waals surface area (Å²) in [4.78, 5) is 22.8. The van der Waals surface area contributed by atoms with Crippen molar-refractivity contribution in [3.63, 3.8) is 0 Å². The van der Waals surface area contributed by atoms with Gasteiger partial charge in [-0.3, -0.25) is 4.79 Å². The van der Waals surface area contributed by atoms with E-state index in [1.54, 1.807) is 12.1 Å². The topological polar surface area (TPSA) is 66.4 Å². The van der Waals surface area contributed by atoms with Crippen molar-refractivity contribution >= 4 is 11.9 Å². The molecule has 96 valence electrons. The van der Waals surface area contributed by atoms with E-state index >= 15 is 0 Å². The predicted octanol–water partition coefficient (Wildman–Crippen LogP) is 2.30. The molecular weight excluding hydrogens is 230 g/mol. The van der Waals surface area contributed by atoms with Crippen LogP contribution in [-0.4, -0.2) is 23.0 Å². The molecule has 4 nitrogen and oxygen atoms in total. The average molecular weight is 247 g/mol. The van der Waals surface area contributed by atoms with Gasteiger partial charge in [-0.1, -0.05) is 13.0 Å². The number of benzene rings is 1. The second-order valence-electron chi connectivity index (χ2n) is 4.97. The maximum absolute atomic E-state index is 12.0. The lowest BCUT2D eigenvalue weighted by Gasteiger charge is -2.12. The molecule has 1 aliphatic rings. The van der Waals surface area contributed by atoms with Crippen molar-refractivity contribution in [1.29, 1.82) is 0 Å². The lowest BCUT2D eigenvalue weighted by Crippen LogP contribution is -2.32. The number of carboxylic acids is 1. The summed E-state index contributed by atoms with van der Waals surface area (Å²) in [6, 6.07) is 6.35. The van der Waals surface area contributed by atoms with Crippen molar-refractivity contribution in [1.82, 2.24) is 5.32 Å². The number of carbonyl (C=O) groups excluding carboxylic acids is 1. The maximum Gasteiger partial charge on any atom is 0.335 e.